The average molecular weight is 354 g/mol. The van der Waals surface area contributed by atoms with Crippen LogP contribution in [0.2, 0.25) is 0 Å². The number of nitro benzene ring substituents is 1. The molecule has 0 bridgehead atoms. The van der Waals surface area contributed by atoms with Crippen molar-refractivity contribution in [2.45, 2.75) is 24.6 Å². The van der Waals surface area contributed by atoms with Crippen LogP contribution < -0.4 is 4.90 Å². The average Bonchev–Trinajstić information content (AvgIpc) is 3.40. The number of amides is 1. The molecule has 1 aliphatic carbocycles. The highest BCUT2D eigenvalue weighted by molar-refractivity contribution is 7.99. The van der Waals surface area contributed by atoms with E-state index in [1.54, 1.807) is 23.9 Å². The van der Waals surface area contributed by atoms with Gasteiger partial charge in [-0.05, 0) is 36.0 Å². The molecule has 0 unspecified atom stereocenters. The zero-order valence-electron chi connectivity index (χ0n) is 13.6. The Morgan fingerprint density at radius 1 is 1.12 bits per heavy atom. The molecule has 6 heteroatoms. The van der Waals surface area contributed by atoms with Gasteiger partial charge in [0.05, 0.1) is 4.92 Å². The molecule has 0 aromatic heterocycles. The molecule has 5 nitrogen and oxygen atoms in total. The van der Waals surface area contributed by atoms with Gasteiger partial charge >= 0.3 is 0 Å². The molecule has 1 amide bonds. The number of carbonyl (C=O) groups excluding carboxylic acids is 1. The third-order valence-electron chi connectivity index (χ3n) is 4.93. The molecule has 0 N–H and O–H groups in total. The quantitative estimate of drug-likeness (QED) is 0.599. The molecule has 25 heavy (non-hydrogen) atoms. The van der Waals surface area contributed by atoms with Crippen LogP contribution in [0.4, 0.5) is 11.4 Å². The van der Waals surface area contributed by atoms with Crippen LogP contribution in [0.25, 0.3) is 0 Å². The van der Waals surface area contributed by atoms with Gasteiger partial charge in [0.1, 0.15) is 5.37 Å². The molecule has 1 aliphatic heterocycles. The number of carbonyl (C=O) groups is 1. The van der Waals surface area contributed by atoms with Crippen LogP contribution in [0, 0.1) is 15.5 Å². The lowest BCUT2D eigenvalue weighted by atomic mass is 10.0. The van der Waals surface area contributed by atoms with Gasteiger partial charge in [-0.2, -0.15) is 0 Å². The van der Waals surface area contributed by atoms with E-state index in [0.29, 0.717) is 6.42 Å². The summed E-state index contributed by atoms with van der Waals surface area (Å²) < 4.78 is 0. The molecule has 2 aromatic rings. The Balaban J connectivity index is 1.77. The van der Waals surface area contributed by atoms with Gasteiger partial charge in [0.2, 0.25) is 5.91 Å². The van der Waals surface area contributed by atoms with E-state index in [1.165, 1.54) is 6.07 Å². The van der Waals surface area contributed by atoms with E-state index < -0.39 is 0 Å². The smallest absolute Gasteiger partial charge is 0.269 e. The van der Waals surface area contributed by atoms with E-state index in [0.717, 1.165) is 29.8 Å². The molecule has 2 aliphatic rings. The van der Waals surface area contributed by atoms with E-state index in [2.05, 4.69) is 0 Å². The van der Waals surface area contributed by atoms with Gasteiger partial charge in [0.15, 0.2) is 0 Å². The van der Waals surface area contributed by atoms with Gasteiger partial charge in [0, 0.05) is 30.0 Å². The zero-order chi connectivity index (χ0) is 17.4. The van der Waals surface area contributed by atoms with E-state index in [9.17, 15) is 14.9 Å². The second kappa shape index (κ2) is 6.19. The maximum atomic E-state index is 13.1. The summed E-state index contributed by atoms with van der Waals surface area (Å²) in [6, 6.07) is 16.2. The number of para-hydroxylation sites is 1. The predicted molar refractivity (Wildman–Crippen MR) is 98.5 cm³/mol. The molecule has 1 saturated heterocycles. The van der Waals surface area contributed by atoms with Gasteiger partial charge in [-0.3, -0.25) is 19.8 Å². The third kappa shape index (κ3) is 3.14. The van der Waals surface area contributed by atoms with Gasteiger partial charge in [-0.15, -0.1) is 11.8 Å². The summed E-state index contributed by atoms with van der Waals surface area (Å²) in [4.78, 5) is 25.6. The topological polar surface area (TPSA) is 63.4 Å². The summed E-state index contributed by atoms with van der Waals surface area (Å²) in [5.41, 5.74) is 1.83. The molecule has 128 valence electrons. The summed E-state index contributed by atoms with van der Waals surface area (Å²) >= 11 is 1.72. The molecular weight excluding hydrogens is 336 g/mol. The minimum Gasteiger partial charge on any atom is -0.296 e. The molecular formula is C19H18N2O3S. The van der Waals surface area contributed by atoms with E-state index in [-0.39, 0.29) is 27.3 Å². The normalized spacial score (nSPS) is 21.8. The number of non-ortho nitro benzene ring substituents is 1. The number of hydrogen-bond donors (Lipinski definition) is 0. The number of rotatable bonds is 3. The number of thioether (sulfide) groups is 1. The minimum absolute atomic E-state index is 0.0592. The van der Waals surface area contributed by atoms with Gasteiger partial charge < -0.3 is 0 Å². The minimum atomic E-state index is -0.387. The van der Waals surface area contributed by atoms with Crippen LogP contribution in [-0.2, 0) is 4.79 Å². The molecule has 1 heterocycles. The summed E-state index contributed by atoms with van der Waals surface area (Å²) in [6.07, 6.45) is 2.74. The largest absolute Gasteiger partial charge is 0.296 e. The third-order valence-corrected chi connectivity index (χ3v) is 6.51. The van der Waals surface area contributed by atoms with Gasteiger partial charge in [0.25, 0.3) is 5.69 Å². The highest BCUT2D eigenvalue weighted by Crippen LogP contribution is 2.56. The fraction of sp³-hybridized carbons (Fsp3) is 0.316. The van der Waals surface area contributed by atoms with Crippen molar-refractivity contribution in [2.24, 2.45) is 5.41 Å². The highest BCUT2D eigenvalue weighted by atomic mass is 32.2. The Bertz CT molecular complexity index is 820. The highest BCUT2D eigenvalue weighted by Gasteiger charge is 2.49. The summed E-state index contributed by atoms with van der Waals surface area (Å²) in [7, 11) is 0. The van der Waals surface area contributed by atoms with Crippen LogP contribution in [0.5, 0.6) is 0 Å². The molecule has 1 spiro atoms. The van der Waals surface area contributed by atoms with Crippen molar-refractivity contribution < 1.29 is 9.72 Å². The number of benzene rings is 2. The van der Waals surface area contributed by atoms with Crippen LogP contribution in [-0.4, -0.2) is 16.6 Å². The van der Waals surface area contributed by atoms with Crippen molar-refractivity contribution in [1.29, 1.82) is 0 Å². The zero-order valence-corrected chi connectivity index (χ0v) is 14.4. The van der Waals surface area contributed by atoms with Crippen molar-refractivity contribution >= 4 is 29.0 Å². The molecule has 1 saturated carbocycles. The Morgan fingerprint density at radius 3 is 2.56 bits per heavy atom. The SMILES string of the molecule is O=C1CC2(CC2)CS[C@H](c2cccc([N+](=O)[O-])c2)N1c1ccccc1. The Labute approximate surface area is 150 Å². The maximum absolute atomic E-state index is 13.1. The van der Waals surface area contributed by atoms with Crippen molar-refractivity contribution in [3.05, 3.63) is 70.3 Å². The summed E-state index contributed by atoms with van der Waals surface area (Å²) in [5.74, 6) is 1.01. The number of hydrogen-bond acceptors (Lipinski definition) is 4. The Morgan fingerprint density at radius 2 is 1.88 bits per heavy atom. The Hall–Kier alpha value is -2.34. The fourth-order valence-electron chi connectivity index (χ4n) is 3.32. The second-order valence-corrected chi connectivity index (χ2v) is 7.86. The van der Waals surface area contributed by atoms with Crippen molar-refractivity contribution in [3.8, 4) is 0 Å². The lowest BCUT2D eigenvalue weighted by Crippen LogP contribution is -2.32. The first-order valence-electron chi connectivity index (χ1n) is 8.31. The van der Waals surface area contributed by atoms with Crippen LogP contribution in [0.1, 0.15) is 30.2 Å². The van der Waals surface area contributed by atoms with E-state index in [4.69, 9.17) is 0 Å². The lowest BCUT2D eigenvalue weighted by molar-refractivity contribution is -0.384. The van der Waals surface area contributed by atoms with Crippen molar-refractivity contribution in [3.63, 3.8) is 0 Å². The van der Waals surface area contributed by atoms with Crippen LogP contribution >= 0.6 is 11.8 Å². The lowest BCUT2D eigenvalue weighted by Gasteiger charge is -2.30. The molecule has 0 radical (unpaired) electrons. The Kier molecular flexibility index (Phi) is 4.00. The van der Waals surface area contributed by atoms with Crippen LogP contribution in [0.3, 0.4) is 0 Å². The first-order valence-corrected chi connectivity index (χ1v) is 9.36. The maximum Gasteiger partial charge on any atom is 0.269 e. The van der Waals surface area contributed by atoms with Gasteiger partial charge in [-0.1, -0.05) is 30.3 Å². The van der Waals surface area contributed by atoms with Crippen LogP contribution in [0.15, 0.2) is 54.6 Å². The number of anilines is 1. The fourth-order valence-corrected chi connectivity index (χ4v) is 4.95. The number of nitro groups is 1. The standard InChI is InChI=1S/C19H18N2O3S/c22-17-12-19(9-10-19)13-25-18(20(17)15-6-2-1-3-7-15)14-5-4-8-16(11-14)21(23)24/h1-8,11,18H,9-10,12-13H2/t18-/m1/s1. The predicted octanol–water partition coefficient (Wildman–Crippen LogP) is 4.54. The van der Waals surface area contributed by atoms with E-state index in [1.807, 2.05) is 41.3 Å². The van der Waals surface area contributed by atoms with Crippen molar-refractivity contribution in [1.82, 2.24) is 0 Å². The van der Waals surface area contributed by atoms with Gasteiger partial charge in [-0.25, -0.2) is 0 Å². The molecule has 2 aromatic carbocycles. The monoisotopic (exact) mass is 354 g/mol. The first kappa shape index (κ1) is 16.1. The van der Waals surface area contributed by atoms with E-state index >= 15 is 0 Å². The molecule has 2 fully saturated rings. The summed E-state index contributed by atoms with van der Waals surface area (Å²) in [5, 5.41) is 10.9. The molecule has 4 rings (SSSR count). The molecule has 1 atom stereocenters. The second-order valence-electron chi connectivity index (χ2n) is 6.79. The van der Waals surface area contributed by atoms with Crippen molar-refractivity contribution in [2.75, 3.05) is 10.7 Å². The summed E-state index contributed by atoms with van der Waals surface area (Å²) in [6.45, 7) is 0. The first-order chi connectivity index (χ1) is 12.1. The number of nitrogens with zero attached hydrogens (tertiary/aromatic N) is 2.